The van der Waals surface area contributed by atoms with Gasteiger partial charge in [-0.15, -0.1) is 0 Å². The van der Waals surface area contributed by atoms with Gasteiger partial charge in [0.1, 0.15) is 12.1 Å². The van der Waals surface area contributed by atoms with E-state index in [2.05, 4.69) is 5.10 Å². The number of carbonyl (C=O) groups excluding carboxylic acids is 1. The molecule has 0 spiro atoms. The summed E-state index contributed by atoms with van der Waals surface area (Å²) in [4.78, 5) is 11.1. The third-order valence-corrected chi connectivity index (χ3v) is 1.49. The van der Waals surface area contributed by atoms with E-state index < -0.39 is 0 Å². The topological polar surface area (TPSA) is 58.7 Å². The van der Waals surface area contributed by atoms with Crippen molar-refractivity contribution in [3.05, 3.63) is 18.0 Å². The third kappa shape index (κ3) is 1.70. The zero-order chi connectivity index (χ0) is 8.97. The zero-order valence-corrected chi connectivity index (χ0v) is 6.82. The van der Waals surface area contributed by atoms with Crippen LogP contribution in [0.2, 0.25) is 0 Å². The first kappa shape index (κ1) is 8.47. The number of aryl methyl sites for hydroxylation is 1. The minimum Gasteiger partial charge on any atom is -0.291 e. The fourth-order valence-electron chi connectivity index (χ4n) is 0.849. The maximum Gasteiger partial charge on any atom is 0.197 e. The van der Waals surface area contributed by atoms with Gasteiger partial charge in [-0.05, 0) is 13.0 Å². The Kier molecular flexibility index (Phi) is 2.59. The molecule has 0 saturated carbocycles. The van der Waals surface area contributed by atoms with Crippen LogP contribution in [0.3, 0.4) is 0 Å². The lowest BCUT2D eigenvalue weighted by molar-refractivity contribution is 0.0992. The molecule has 12 heavy (non-hydrogen) atoms. The second-order valence-electron chi connectivity index (χ2n) is 2.31. The van der Waals surface area contributed by atoms with Gasteiger partial charge in [-0.1, -0.05) is 0 Å². The molecule has 0 aliphatic heterocycles. The summed E-state index contributed by atoms with van der Waals surface area (Å²) in [6, 6.07) is 3.42. The zero-order valence-electron chi connectivity index (χ0n) is 6.82. The van der Waals surface area contributed by atoms with E-state index in [1.165, 1.54) is 0 Å². The van der Waals surface area contributed by atoms with Crippen molar-refractivity contribution in [1.82, 2.24) is 9.78 Å². The van der Waals surface area contributed by atoms with E-state index in [1.807, 2.05) is 6.92 Å². The Hall–Kier alpha value is -1.63. The number of nitriles is 1. The van der Waals surface area contributed by atoms with Gasteiger partial charge < -0.3 is 0 Å². The summed E-state index contributed by atoms with van der Waals surface area (Å²) < 4.78 is 1.66. The van der Waals surface area contributed by atoms with Crippen molar-refractivity contribution in [2.24, 2.45) is 0 Å². The number of nitrogens with zero attached hydrogens (tertiary/aromatic N) is 3. The molecule has 1 aromatic rings. The average Bonchev–Trinajstić information content (AvgIpc) is 2.52. The minimum atomic E-state index is -0.218. The van der Waals surface area contributed by atoms with Gasteiger partial charge >= 0.3 is 0 Å². The van der Waals surface area contributed by atoms with Crippen molar-refractivity contribution in [3.63, 3.8) is 0 Å². The number of rotatable bonds is 3. The molecule has 0 fully saturated rings. The van der Waals surface area contributed by atoms with Gasteiger partial charge in [-0.25, -0.2) is 0 Å². The average molecular weight is 163 g/mol. The fourth-order valence-corrected chi connectivity index (χ4v) is 0.849. The molecular weight excluding hydrogens is 154 g/mol. The molecule has 1 rings (SSSR count). The van der Waals surface area contributed by atoms with Crippen molar-refractivity contribution < 1.29 is 4.79 Å². The lowest BCUT2D eigenvalue weighted by Crippen LogP contribution is -2.01. The number of carbonyl (C=O) groups is 1. The fraction of sp³-hybridized carbons (Fsp3) is 0.375. The Morgan fingerprint density at radius 2 is 2.58 bits per heavy atom. The van der Waals surface area contributed by atoms with Crippen LogP contribution in [0.25, 0.3) is 0 Å². The molecular formula is C8H9N3O. The van der Waals surface area contributed by atoms with Crippen molar-refractivity contribution in [1.29, 1.82) is 5.26 Å². The molecule has 0 unspecified atom stereocenters. The Morgan fingerprint density at radius 3 is 3.08 bits per heavy atom. The van der Waals surface area contributed by atoms with E-state index >= 15 is 0 Å². The molecule has 0 atom stereocenters. The van der Waals surface area contributed by atoms with Crippen LogP contribution in [0.5, 0.6) is 0 Å². The smallest absolute Gasteiger partial charge is 0.197 e. The molecule has 0 radical (unpaired) electrons. The quantitative estimate of drug-likeness (QED) is 0.624. The predicted molar refractivity (Wildman–Crippen MR) is 42.5 cm³/mol. The third-order valence-electron chi connectivity index (χ3n) is 1.49. The summed E-state index contributed by atoms with van der Waals surface area (Å²) in [6.07, 6.45) is 1.63. The molecule has 0 aromatic carbocycles. The Balaban J connectivity index is 2.76. The molecule has 0 saturated heterocycles. The van der Waals surface area contributed by atoms with Crippen LogP contribution >= 0.6 is 0 Å². The van der Waals surface area contributed by atoms with E-state index in [0.717, 1.165) is 6.54 Å². The summed E-state index contributed by atoms with van der Waals surface area (Å²) >= 11 is 0. The van der Waals surface area contributed by atoms with Gasteiger partial charge in [0.2, 0.25) is 0 Å². The number of hydrogen-bond donors (Lipinski definition) is 0. The number of hydrogen-bond acceptors (Lipinski definition) is 3. The van der Waals surface area contributed by atoms with Gasteiger partial charge in [0, 0.05) is 12.7 Å². The summed E-state index contributed by atoms with van der Waals surface area (Å²) in [7, 11) is 0. The first-order chi connectivity index (χ1) is 5.77. The Morgan fingerprint density at radius 1 is 1.83 bits per heavy atom. The highest BCUT2D eigenvalue weighted by Gasteiger charge is 2.07. The molecule has 1 heterocycles. The first-order valence-electron chi connectivity index (χ1n) is 3.71. The van der Waals surface area contributed by atoms with Crippen molar-refractivity contribution in [2.75, 3.05) is 0 Å². The summed E-state index contributed by atoms with van der Waals surface area (Å²) in [5.74, 6) is -0.218. The SMILES string of the molecule is CCn1ccc(C(=O)CC#N)n1. The standard InChI is InChI=1S/C8H9N3O/c1-2-11-6-4-7(10-11)8(12)3-5-9/h4,6H,2-3H2,1H3. The van der Waals surface area contributed by atoms with Gasteiger partial charge in [-0.2, -0.15) is 10.4 Å². The predicted octanol–water partition coefficient (Wildman–Crippen LogP) is 0.999. The van der Waals surface area contributed by atoms with Crippen LogP contribution in [-0.4, -0.2) is 15.6 Å². The maximum atomic E-state index is 11.1. The van der Waals surface area contributed by atoms with Crippen LogP contribution in [0.15, 0.2) is 12.3 Å². The highest BCUT2D eigenvalue weighted by molar-refractivity contribution is 5.95. The maximum absolute atomic E-state index is 11.1. The van der Waals surface area contributed by atoms with Crippen molar-refractivity contribution in [2.45, 2.75) is 19.9 Å². The van der Waals surface area contributed by atoms with Crippen molar-refractivity contribution >= 4 is 5.78 Å². The van der Waals surface area contributed by atoms with Crippen LogP contribution in [0.4, 0.5) is 0 Å². The van der Waals surface area contributed by atoms with Gasteiger partial charge in [-0.3, -0.25) is 9.48 Å². The van der Waals surface area contributed by atoms with Gasteiger partial charge in [0.05, 0.1) is 6.07 Å². The van der Waals surface area contributed by atoms with Crippen LogP contribution < -0.4 is 0 Å². The first-order valence-corrected chi connectivity index (χ1v) is 3.71. The highest BCUT2D eigenvalue weighted by atomic mass is 16.1. The largest absolute Gasteiger partial charge is 0.291 e. The number of ketones is 1. The van der Waals surface area contributed by atoms with Crippen LogP contribution in [0.1, 0.15) is 23.8 Å². The molecule has 4 nitrogen and oxygen atoms in total. The molecule has 4 heteroatoms. The minimum absolute atomic E-state index is 0.0965. The number of Topliss-reactive ketones (excluding diaryl/α,β-unsaturated/α-hetero) is 1. The molecule has 0 bridgehead atoms. The Labute approximate surface area is 70.4 Å². The van der Waals surface area contributed by atoms with E-state index in [9.17, 15) is 4.79 Å². The summed E-state index contributed by atoms with van der Waals surface area (Å²) in [6.45, 7) is 2.67. The summed E-state index contributed by atoms with van der Waals surface area (Å²) in [5.41, 5.74) is 0.374. The molecule has 0 amide bonds. The van der Waals surface area contributed by atoms with Gasteiger partial charge in [0.25, 0.3) is 0 Å². The Bertz CT molecular complexity index is 321. The van der Waals surface area contributed by atoms with E-state index in [1.54, 1.807) is 23.0 Å². The number of aromatic nitrogens is 2. The van der Waals surface area contributed by atoms with Crippen LogP contribution in [-0.2, 0) is 6.54 Å². The second-order valence-corrected chi connectivity index (χ2v) is 2.31. The van der Waals surface area contributed by atoms with Crippen LogP contribution in [0, 0.1) is 11.3 Å². The monoisotopic (exact) mass is 163 g/mol. The van der Waals surface area contributed by atoms with E-state index in [4.69, 9.17) is 5.26 Å². The van der Waals surface area contributed by atoms with Crippen molar-refractivity contribution in [3.8, 4) is 6.07 Å². The lowest BCUT2D eigenvalue weighted by atomic mass is 10.2. The molecule has 0 aliphatic carbocycles. The molecule has 0 N–H and O–H groups in total. The lowest BCUT2D eigenvalue weighted by Gasteiger charge is -1.91. The second kappa shape index (κ2) is 3.67. The normalized spacial score (nSPS) is 9.33. The molecule has 62 valence electrons. The summed E-state index contributed by atoms with van der Waals surface area (Å²) in [5, 5.41) is 12.2. The molecule has 0 aliphatic rings. The van der Waals surface area contributed by atoms with E-state index in [-0.39, 0.29) is 12.2 Å². The van der Waals surface area contributed by atoms with Gasteiger partial charge in [0.15, 0.2) is 5.78 Å². The van der Waals surface area contributed by atoms with E-state index in [0.29, 0.717) is 5.69 Å². The highest BCUT2D eigenvalue weighted by Crippen LogP contribution is 1.99. The molecule has 1 aromatic heterocycles.